The molecule has 1 N–H and O–H groups in total. The number of Topliss-reactive ketones (excluding diaryl/α,β-unsaturated/α-hetero) is 1. The molecular weight excluding hydrogens is 198 g/mol. The first-order chi connectivity index (χ1) is 7.54. The Morgan fingerprint density at radius 3 is 2.69 bits per heavy atom. The third-order valence-corrected chi connectivity index (χ3v) is 2.92. The average Bonchev–Trinajstić information content (AvgIpc) is 2.28. The van der Waals surface area contributed by atoms with Crippen molar-refractivity contribution in [1.29, 1.82) is 0 Å². The van der Waals surface area contributed by atoms with E-state index in [0.717, 1.165) is 23.1 Å². The molecule has 0 aliphatic rings. The van der Waals surface area contributed by atoms with Crippen molar-refractivity contribution in [2.45, 2.75) is 40.2 Å². The number of hydrogen-bond acceptors (Lipinski definition) is 2. The van der Waals surface area contributed by atoms with E-state index in [2.05, 4.69) is 19.2 Å². The van der Waals surface area contributed by atoms with E-state index in [9.17, 15) is 4.79 Å². The summed E-state index contributed by atoms with van der Waals surface area (Å²) < 4.78 is 0. The van der Waals surface area contributed by atoms with E-state index in [1.165, 1.54) is 0 Å². The fourth-order valence-electron chi connectivity index (χ4n) is 1.54. The van der Waals surface area contributed by atoms with Crippen molar-refractivity contribution in [2.24, 2.45) is 0 Å². The van der Waals surface area contributed by atoms with Gasteiger partial charge in [-0.1, -0.05) is 24.6 Å². The van der Waals surface area contributed by atoms with Crippen LogP contribution in [0.3, 0.4) is 0 Å². The molecule has 0 saturated heterocycles. The summed E-state index contributed by atoms with van der Waals surface area (Å²) in [5.74, 6) is 0.182. The number of nitrogens with one attached hydrogen (secondary N) is 1. The summed E-state index contributed by atoms with van der Waals surface area (Å²) in [7, 11) is 0. The van der Waals surface area contributed by atoms with Crippen molar-refractivity contribution in [3.05, 3.63) is 34.9 Å². The van der Waals surface area contributed by atoms with Crippen LogP contribution in [0.1, 0.15) is 41.8 Å². The van der Waals surface area contributed by atoms with E-state index in [4.69, 9.17) is 0 Å². The molecule has 0 spiro atoms. The molecule has 0 saturated carbocycles. The maximum absolute atomic E-state index is 12.0. The molecule has 0 radical (unpaired) electrons. The van der Waals surface area contributed by atoms with Crippen molar-refractivity contribution >= 4 is 5.78 Å². The maximum atomic E-state index is 12.0. The molecule has 1 aromatic carbocycles. The van der Waals surface area contributed by atoms with Crippen LogP contribution < -0.4 is 5.32 Å². The lowest BCUT2D eigenvalue weighted by Crippen LogP contribution is -2.31. The summed E-state index contributed by atoms with van der Waals surface area (Å²) in [5, 5.41) is 3.23. The van der Waals surface area contributed by atoms with Crippen molar-refractivity contribution in [3.8, 4) is 0 Å². The predicted molar refractivity (Wildman–Crippen MR) is 68.0 cm³/mol. The number of rotatable bonds is 5. The molecule has 0 aliphatic heterocycles. The first-order valence-electron chi connectivity index (χ1n) is 5.88. The number of benzene rings is 1. The topological polar surface area (TPSA) is 29.1 Å². The van der Waals surface area contributed by atoms with Gasteiger partial charge in [-0.2, -0.15) is 0 Å². The highest BCUT2D eigenvalue weighted by atomic mass is 16.1. The van der Waals surface area contributed by atoms with Crippen molar-refractivity contribution in [1.82, 2.24) is 5.32 Å². The van der Waals surface area contributed by atoms with Gasteiger partial charge in [0.2, 0.25) is 0 Å². The van der Waals surface area contributed by atoms with Gasteiger partial charge in [-0.3, -0.25) is 4.79 Å². The second-order valence-corrected chi connectivity index (χ2v) is 4.43. The van der Waals surface area contributed by atoms with Gasteiger partial charge in [0.25, 0.3) is 0 Å². The Morgan fingerprint density at radius 2 is 2.06 bits per heavy atom. The van der Waals surface area contributed by atoms with Crippen molar-refractivity contribution in [3.63, 3.8) is 0 Å². The fraction of sp³-hybridized carbons (Fsp3) is 0.500. The highest BCUT2D eigenvalue weighted by Crippen LogP contribution is 2.11. The average molecular weight is 219 g/mol. The van der Waals surface area contributed by atoms with Crippen LogP contribution in [0.25, 0.3) is 0 Å². The van der Waals surface area contributed by atoms with Crippen LogP contribution >= 0.6 is 0 Å². The summed E-state index contributed by atoms with van der Waals surface area (Å²) in [6.45, 7) is 8.63. The Kier molecular flexibility index (Phi) is 4.69. The second-order valence-electron chi connectivity index (χ2n) is 4.43. The lowest BCUT2D eigenvalue weighted by molar-refractivity contribution is 0.0987. The first kappa shape index (κ1) is 12.9. The van der Waals surface area contributed by atoms with E-state index in [1.807, 2.05) is 32.0 Å². The number of carbonyl (C=O) groups is 1. The Labute approximate surface area is 98.1 Å². The molecular formula is C14H21NO. The molecule has 88 valence electrons. The minimum absolute atomic E-state index is 0.182. The monoisotopic (exact) mass is 219 g/mol. The molecule has 0 aromatic heterocycles. The van der Waals surface area contributed by atoms with Crippen LogP contribution in [-0.2, 0) is 0 Å². The fourth-order valence-corrected chi connectivity index (χ4v) is 1.54. The van der Waals surface area contributed by atoms with Gasteiger partial charge in [-0.25, -0.2) is 0 Å². The molecule has 0 bridgehead atoms. The molecule has 1 unspecified atom stereocenters. The van der Waals surface area contributed by atoms with Gasteiger partial charge in [-0.15, -0.1) is 0 Å². The Balaban J connectivity index is 2.69. The molecule has 1 aromatic rings. The van der Waals surface area contributed by atoms with Gasteiger partial charge in [0, 0.05) is 11.6 Å². The number of carbonyl (C=O) groups excluding carboxylic acids is 1. The molecule has 0 amide bonds. The molecule has 1 rings (SSSR count). The Morgan fingerprint density at radius 1 is 1.38 bits per heavy atom. The van der Waals surface area contributed by atoms with Gasteiger partial charge in [-0.05, 0) is 38.8 Å². The summed E-state index contributed by atoms with van der Waals surface area (Å²) in [6, 6.07) is 6.41. The maximum Gasteiger partial charge on any atom is 0.176 e. The quantitative estimate of drug-likeness (QED) is 0.771. The van der Waals surface area contributed by atoms with Crippen LogP contribution in [0.4, 0.5) is 0 Å². The van der Waals surface area contributed by atoms with E-state index < -0.39 is 0 Å². The Hall–Kier alpha value is -1.15. The van der Waals surface area contributed by atoms with Crippen molar-refractivity contribution in [2.75, 3.05) is 6.54 Å². The molecule has 16 heavy (non-hydrogen) atoms. The lowest BCUT2D eigenvalue weighted by Gasteiger charge is -2.11. The van der Waals surface area contributed by atoms with Crippen LogP contribution in [0.2, 0.25) is 0 Å². The summed E-state index contributed by atoms with van der Waals surface area (Å²) >= 11 is 0. The van der Waals surface area contributed by atoms with Gasteiger partial charge in [0.1, 0.15) is 0 Å². The SMILES string of the molecule is CCC(C)NCC(=O)c1cc(C)ccc1C. The van der Waals surface area contributed by atoms with E-state index in [-0.39, 0.29) is 5.78 Å². The molecule has 2 heteroatoms. The highest BCUT2D eigenvalue weighted by Gasteiger charge is 2.09. The minimum atomic E-state index is 0.182. The number of ketones is 1. The predicted octanol–water partition coefficient (Wildman–Crippen LogP) is 2.87. The standard InChI is InChI=1S/C14H21NO/c1-5-12(4)15-9-14(16)13-8-10(2)6-7-11(13)3/h6-8,12,15H,5,9H2,1-4H3. The van der Waals surface area contributed by atoms with Gasteiger partial charge >= 0.3 is 0 Å². The van der Waals surface area contributed by atoms with Gasteiger partial charge < -0.3 is 5.32 Å². The van der Waals surface area contributed by atoms with Gasteiger partial charge in [0.05, 0.1) is 6.54 Å². The smallest absolute Gasteiger partial charge is 0.176 e. The number of aryl methyl sites for hydroxylation is 2. The van der Waals surface area contributed by atoms with Crippen LogP contribution in [-0.4, -0.2) is 18.4 Å². The van der Waals surface area contributed by atoms with E-state index in [0.29, 0.717) is 12.6 Å². The van der Waals surface area contributed by atoms with Crippen LogP contribution in [0.5, 0.6) is 0 Å². The first-order valence-corrected chi connectivity index (χ1v) is 5.88. The van der Waals surface area contributed by atoms with E-state index in [1.54, 1.807) is 0 Å². The largest absolute Gasteiger partial charge is 0.307 e. The van der Waals surface area contributed by atoms with Gasteiger partial charge in [0.15, 0.2) is 5.78 Å². The summed E-state index contributed by atoms with van der Waals surface area (Å²) in [4.78, 5) is 12.0. The summed E-state index contributed by atoms with van der Waals surface area (Å²) in [6.07, 6.45) is 1.04. The van der Waals surface area contributed by atoms with Crippen LogP contribution in [0.15, 0.2) is 18.2 Å². The minimum Gasteiger partial charge on any atom is -0.307 e. The Bertz CT molecular complexity index is 371. The molecule has 0 heterocycles. The van der Waals surface area contributed by atoms with Crippen LogP contribution in [0, 0.1) is 13.8 Å². The molecule has 0 aliphatic carbocycles. The third kappa shape index (κ3) is 3.46. The summed E-state index contributed by atoms with van der Waals surface area (Å²) in [5.41, 5.74) is 3.04. The zero-order valence-corrected chi connectivity index (χ0v) is 10.6. The van der Waals surface area contributed by atoms with Crippen molar-refractivity contribution < 1.29 is 4.79 Å². The molecule has 0 fully saturated rings. The molecule has 2 nitrogen and oxygen atoms in total. The zero-order chi connectivity index (χ0) is 12.1. The lowest BCUT2D eigenvalue weighted by atomic mass is 10.0. The third-order valence-electron chi connectivity index (χ3n) is 2.92. The molecule has 1 atom stereocenters. The number of hydrogen-bond donors (Lipinski definition) is 1. The van der Waals surface area contributed by atoms with E-state index >= 15 is 0 Å². The zero-order valence-electron chi connectivity index (χ0n) is 10.6. The normalized spacial score (nSPS) is 12.5. The second kappa shape index (κ2) is 5.80. The highest BCUT2D eigenvalue weighted by molar-refractivity contribution is 5.99.